The molecule has 0 saturated carbocycles. The summed E-state index contributed by atoms with van der Waals surface area (Å²) in [5.74, 6) is 5.03. The Morgan fingerprint density at radius 1 is 1.17 bits per heavy atom. The molecule has 0 radical (unpaired) electrons. The number of nitrogen functional groups attached to an aromatic ring is 1. The minimum Gasteiger partial charge on any atom is -0.464 e. The highest BCUT2D eigenvalue weighted by Crippen LogP contribution is 2.20. The summed E-state index contributed by atoms with van der Waals surface area (Å²) >= 11 is 0. The van der Waals surface area contributed by atoms with Crippen molar-refractivity contribution in [1.29, 1.82) is 0 Å². The average Bonchev–Trinajstić information content (AvgIpc) is 2.27. The number of ether oxygens (including phenoxy) is 2. The topological polar surface area (TPSA) is 95.2 Å². The number of aromatic nitrogens is 3. The van der Waals surface area contributed by atoms with Crippen molar-refractivity contribution in [2.75, 3.05) is 18.6 Å². The SMILES string of the molecule is CCOc1nc(NN)nc(OCCC(F)(F)F)n1. The Labute approximate surface area is 100 Å². The maximum atomic E-state index is 11.9. The molecule has 1 heterocycles. The minimum atomic E-state index is -4.30. The number of nitrogens with one attached hydrogen (secondary N) is 1. The van der Waals surface area contributed by atoms with Gasteiger partial charge in [-0.2, -0.15) is 23.1 Å². The summed E-state index contributed by atoms with van der Waals surface area (Å²) in [7, 11) is 0. The van der Waals surface area contributed by atoms with Gasteiger partial charge in [0.25, 0.3) is 0 Å². The van der Waals surface area contributed by atoms with Crippen molar-refractivity contribution in [3.05, 3.63) is 0 Å². The largest absolute Gasteiger partial charge is 0.464 e. The molecule has 0 aliphatic heterocycles. The molecule has 0 aliphatic rings. The van der Waals surface area contributed by atoms with Crippen LogP contribution in [0.25, 0.3) is 0 Å². The van der Waals surface area contributed by atoms with Gasteiger partial charge in [0.2, 0.25) is 5.95 Å². The van der Waals surface area contributed by atoms with E-state index in [0.29, 0.717) is 0 Å². The van der Waals surface area contributed by atoms with E-state index < -0.39 is 19.2 Å². The molecule has 0 saturated heterocycles. The van der Waals surface area contributed by atoms with E-state index >= 15 is 0 Å². The average molecular weight is 267 g/mol. The van der Waals surface area contributed by atoms with Crippen molar-refractivity contribution >= 4 is 5.95 Å². The maximum Gasteiger partial charge on any atom is 0.392 e. The van der Waals surface area contributed by atoms with E-state index in [1.165, 1.54) is 0 Å². The number of nitrogens with zero attached hydrogens (tertiary/aromatic N) is 3. The molecular formula is C8H12F3N5O2. The highest BCUT2D eigenvalue weighted by atomic mass is 19.4. The lowest BCUT2D eigenvalue weighted by molar-refractivity contribution is -0.139. The Kier molecular flexibility index (Phi) is 4.89. The smallest absolute Gasteiger partial charge is 0.392 e. The number of hydrogen-bond acceptors (Lipinski definition) is 7. The van der Waals surface area contributed by atoms with Gasteiger partial charge in [0.05, 0.1) is 13.0 Å². The molecule has 10 heteroatoms. The van der Waals surface area contributed by atoms with E-state index in [2.05, 4.69) is 20.4 Å². The van der Waals surface area contributed by atoms with Crippen LogP contribution in [-0.2, 0) is 0 Å². The summed E-state index contributed by atoms with van der Waals surface area (Å²) < 4.78 is 45.5. The fourth-order valence-corrected chi connectivity index (χ4v) is 0.919. The first kappa shape index (κ1) is 14.2. The first-order chi connectivity index (χ1) is 8.44. The third-order valence-corrected chi connectivity index (χ3v) is 1.61. The highest BCUT2D eigenvalue weighted by molar-refractivity contribution is 5.25. The van der Waals surface area contributed by atoms with Crippen molar-refractivity contribution in [1.82, 2.24) is 15.0 Å². The van der Waals surface area contributed by atoms with Crippen LogP contribution in [-0.4, -0.2) is 34.3 Å². The lowest BCUT2D eigenvalue weighted by Crippen LogP contribution is -2.16. The van der Waals surface area contributed by atoms with E-state index in [-0.39, 0.29) is 24.6 Å². The molecule has 0 bridgehead atoms. The summed E-state index contributed by atoms with van der Waals surface area (Å²) in [6.45, 7) is 1.39. The standard InChI is InChI=1S/C8H12F3N5O2/c1-2-17-6-13-5(16-12)14-7(15-6)18-4-3-8(9,10)11/h2-4,12H2,1H3,(H,13,14,15,16). The second kappa shape index (κ2) is 6.19. The molecule has 18 heavy (non-hydrogen) atoms. The molecular weight excluding hydrogens is 255 g/mol. The van der Waals surface area contributed by atoms with E-state index in [9.17, 15) is 13.2 Å². The Hall–Kier alpha value is -1.84. The van der Waals surface area contributed by atoms with Gasteiger partial charge in [-0.1, -0.05) is 0 Å². The first-order valence-corrected chi connectivity index (χ1v) is 4.99. The maximum absolute atomic E-state index is 11.9. The number of hydrazine groups is 1. The first-order valence-electron chi connectivity index (χ1n) is 4.99. The monoisotopic (exact) mass is 267 g/mol. The Morgan fingerprint density at radius 2 is 1.78 bits per heavy atom. The summed E-state index contributed by atoms with van der Waals surface area (Å²) in [5.41, 5.74) is 2.13. The van der Waals surface area contributed by atoms with Gasteiger partial charge in [0.1, 0.15) is 6.61 Å². The minimum absolute atomic E-state index is 0.0598. The summed E-state index contributed by atoms with van der Waals surface area (Å²) in [6, 6.07) is -0.367. The van der Waals surface area contributed by atoms with Crippen LogP contribution in [0, 0.1) is 0 Å². The van der Waals surface area contributed by atoms with Crippen molar-refractivity contribution < 1.29 is 22.6 Å². The normalized spacial score (nSPS) is 11.2. The third kappa shape index (κ3) is 4.99. The summed E-state index contributed by atoms with van der Waals surface area (Å²) in [4.78, 5) is 11.0. The van der Waals surface area contributed by atoms with Crippen LogP contribution in [0.3, 0.4) is 0 Å². The Balaban J connectivity index is 2.66. The molecule has 0 fully saturated rings. The zero-order valence-electron chi connectivity index (χ0n) is 9.49. The molecule has 0 spiro atoms. The lowest BCUT2D eigenvalue weighted by Gasteiger charge is -2.09. The Morgan fingerprint density at radius 3 is 2.28 bits per heavy atom. The Bertz CT molecular complexity index is 387. The predicted octanol–water partition coefficient (Wildman–Crippen LogP) is 0.887. The van der Waals surface area contributed by atoms with Crippen LogP contribution in [0.2, 0.25) is 0 Å². The molecule has 0 atom stereocenters. The molecule has 1 aromatic heterocycles. The van der Waals surface area contributed by atoms with E-state index in [4.69, 9.17) is 15.3 Å². The molecule has 0 amide bonds. The van der Waals surface area contributed by atoms with E-state index in [1.54, 1.807) is 6.92 Å². The van der Waals surface area contributed by atoms with Gasteiger partial charge in [0.15, 0.2) is 0 Å². The number of hydrogen-bond donors (Lipinski definition) is 2. The van der Waals surface area contributed by atoms with Gasteiger partial charge < -0.3 is 9.47 Å². The quantitative estimate of drug-likeness (QED) is 0.583. The predicted molar refractivity (Wildman–Crippen MR) is 55.0 cm³/mol. The van der Waals surface area contributed by atoms with E-state index in [1.807, 2.05) is 0 Å². The van der Waals surface area contributed by atoms with Crippen LogP contribution in [0.5, 0.6) is 12.0 Å². The van der Waals surface area contributed by atoms with Crippen LogP contribution < -0.4 is 20.7 Å². The fraction of sp³-hybridized carbons (Fsp3) is 0.625. The molecule has 3 N–H and O–H groups in total. The zero-order chi connectivity index (χ0) is 13.6. The summed E-state index contributed by atoms with van der Waals surface area (Å²) in [5, 5.41) is 0. The fourth-order valence-electron chi connectivity index (χ4n) is 0.919. The van der Waals surface area contributed by atoms with Crippen molar-refractivity contribution in [2.45, 2.75) is 19.5 Å². The molecule has 1 rings (SSSR count). The van der Waals surface area contributed by atoms with Gasteiger partial charge >= 0.3 is 18.2 Å². The van der Waals surface area contributed by atoms with Crippen LogP contribution in [0.15, 0.2) is 0 Å². The van der Waals surface area contributed by atoms with Gasteiger partial charge in [-0.05, 0) is 6.92 Å². The van der Waals surface area contributed by atoms with Crippen molar-refractivity contribution in [2.24, 2.45) is 5.84 Å². The van der Waals surface area contributed by atoms with Crippen LogP contribution in [0.1, 0.15) is 13.3 Å². The molecule has 0 aliphatic carbocycles. The second-order valence-corrected chi connectivity index (χ2v) is 3.02. The number of nitrogens with two attached hydrogens (primary N) is 1. The van der Waals surface area contributed by atoms with Crippen molar-refractivity contribution in [3.63, 3.8) is 0 Å². The second-order valence-electron chi connectivity index (χ2n) is 3.02. The molecule has 7 nitrogen and oxygen atoms in total. The summed E-state index contributed by atoms with van der Waals surface area (Å²) in [6.07, 6.45) is -5.40. The molecule has 1 aromatic rings. The molecule has 0 unspecified atom stereocenters. The van der Waals surface area contributed by atoms with Gasteiger partial charge in [-0.25, -0.2) is 5.84 Å². The number of halogens is 3. The number of alkyl halides is 3. The van der Waals surface area contributed by atoms with E-state index in [0.717, 1.165) is 0 Å². The molecule has 102 valence electrons. The highest BCUT2D eigenvalue weighted by Gasteiger charge is 2.27. The van der Waals surface area contributed by atoms with Crippen LogP contribution >= 0.6 is 0 Å². The number of rotatable bonds is 6. The zero-order valence-corrected chi connectivity index (χ0v) is 9.49. The van der Waals surface area contributed by atoms with Gasteiger partial charge in [0, 0.05) is 0 Å². The number of anilines is 1. The third-order valence-electron chi connectivity index (χ3n) is 1.61. The van der Waals surface area contributed by atoms with Crippen molar-refractivity contribution in [3.8, 4) is 12.0 Å². The van der Waals surface area contributed by atoms with Crippen LogP contribution in [0.4, 0.5) is 19.1 Å². The van der Waals surface area contributed by atoms with Gasteiger partial charge in [-0.15, -0.1) is 4.98 Å². The van der Waals surface area contributed by atoms with Gasteiger partial charge in [-0.3, -0.25) is 5.43 Å². The molecule has 0 aromatic carbocycles. The lowest BCUT2D eigenvalue weighted by atomic mass is 10.4.